The van der Waals surface area contributed by atoms with Gasteiger partial charge in [-0.3, -0.25) is 4.79 Å². The molecule has 68 valence electrons. The number of rotatable bonds is 1. The van der Waals surface area contributed by atoms with E-state index in [-0.39, 0.29) is 11.9 Å². The van der Waals surface area contributed by atoms with Gasteiger partial charge in [0, 0.05) is 0 Å². The van der Waals surface area contributed by atoms with Crippen LogP contribution in [0.1, 0.15) is 19.3 Å². The minimum Gasteiger partial charge on any atom is -0.469 e. The number of aliphatic hydroxyl groups is 1. The smallest absolute Gasteiger partial charge is 0.311 e. The van der Waals surface area contributed by atoms with Crippen molar-refractivity contribution < 1.29 is 14.6 Å². The number of carbonyl (C=O) groups is 1. The van der Waals surface area contributed by atoms with Gasteiger partial charge in [0.1, 0.15) is 0 Å². The third-order valence-corrected chi connectivity index (χ3v) is 3.35. The van der Waals surface area contributed by atoms with Crippen LogP contribution in [0.3, 0.4) is 0 Å². The Labute approximate surface area is 71.7 Å². The highest BCUT2D eigenvalue weighted by molar-refractivity contribution is 5.74. The third kappa shape index (κ3) is 0.959. The quantitative estimate of drug-likeness (QED) is 0.585. The van der Waals surface area contributed by atoms with E-state index >= 15 is 0 Å². The molecule has 2 bridgehead atoms. The highest BCUT2D eigenvalue weighted by atomic mass is 16.5. The van der Waals surface area contributed by atoms with E-state index in [2.05, 4.69) is 4.74 Å². The van der Waals surface area contributed by atoms with Gasteiger partial charge >= 0.3 is 5.97 Å². The summed E-state index contributed by atoms with van der Waals surface area (Å²) >= 11 is 0. The molecule has 0 saturated heterocycles. The van der Waals surface area contributed by atoms with E-state index in [4.69, 9.17) is 0 Å². The van der Waals surface area contributed by atoms with Crippen LogP contribution in [0.5, 0.6) is 0 Å². The number of methoxy groups -OCH3 is 1. The second-order valence-electron chi connectivity index (χ2n) is 3.87. The van der Waals surface area contributed by atoms with Crippen molar-refractivity contribution in [2.45, 2.75) is 25.4 Å². The lowest BCUT2D eigenvalue weighted by molar-refractivity contribution is -0.151. The maximum absolute atomic E-state index is 11.2. The van der Waals surface area contributed by atoms with Crippen LogP contribution in [0.15, 0.2) is 0 Å². The first kappa shape index (κ1) is 8.05. The van der Waals surface area contributed by atoms with Crippen LogP contribution in [-0.2, 0) is 9.53 Å². The molecule has 0 aromatic heterocycles. The first-order valence-electron chi connectivity index (χ1n) is 4.50. The number of carbonyl (C=O) groups excluding carboxylic acids is 1. The van der Waals surface area contributed by atoms with Crippen molar-refractivity contribution in [1.29, 1.82) is 0 Å². The fourth-order valence-corrected chi connectivity index (χ4v) is 2.73. The predicted octanol–water partition coefficient (Wildman–Crippen LogP) is 0.566. The summed E-state index contributed by atoms with van der Waals surface area (Å²) < 4.78 is 4.66. The number of ether oxygens (including phenoxy) is 1. The molecule has 2 rings (SSSR count). The van der Waals surface area contributed by atoms with Crippen molar-refractivity contribution in [2.24, 2.45) is 17.8 Å². The summed E-state index contributed by atoms with van der Waals surface area (Å²) in [4.78, 5) is 11.2. The lowest BCUT2D eigenvalue weighted by Crippen LogP contribution is -2.34. The molecule has 2 saturated carbocycles. The van der Waals surface area contributed by atoms with Gasteiger partial charge in [-0.1, -0.05) is 0 Å². The Kier molecular flexibility index (Phi) is 1.83. The fourth-order valence-electron chi connectivity index (χ4n) is 2.73. The first-order chi connectivity index (χ1) is 5.74. The molecule has 0 amide bonds. The Balaban J connectivity index is 2.12. The Morgan fingerprint density at radius 3 is 2.58 bits per heavy atom. The molecular formula is C9H14O3. The number of hydrogen-bond donors (Lipinski definition) is 1. The Bertz CT molecular complexity index is 200. The van der Waals surface area contributed by atoms with Crippen molar-refractivity contribution in [2.75, 3.05) is 7.11 Å². The Morgan fingerprint density at radius 1 is 1.42 bits per heavy atom. The molecule has 2 fully saturated rings. The highest BCUT2D eigenvalue weighted by Crippen LogP contribution is 2.48. The Morgan fingerprint density at radius 2 is 2.08 bits per heavy atom. The summed E-state index contributed by atoms with van der Waals surface area (Å²) in [5.74, 6) is 0.292. The molecule has 2 aliphatic carbocycles. The van der Waals surface area contributed by atoms with Crippen molar-refractivity contribution in [3.8, 4) is 0 Å². The zero-order valence-corrected chi connectivity index (χ0v) is 7.19. The lowest BCUT2D eigenvalue weighted by atomic mass is 9.86. The molecule has 0 aliphatic heterocycles. The van der Waals surface area contributed by atoms with Gasteiger partial charge in [-0.15, -0.1) is 0 Å². The molecule has 12 heavy (non-hydrogen) atoms. The first-order valence-corrected chi connectivity index (χ1v) is 4.50. The predicted molar refractivity (Wildman–Crippen MR) is 42.3 cm³/mol. The van der Waals surface area contributed by atoms with Crippen LogP contribution in [-0.4, -0.2) is 24.3 Å². The van der Waals surface area contributed by atoms with E-state index in [1.54, 1.807) is 0 Å². The van der Waals surface area contributed by atoms with Crippen molar-refractivity contribution in [1.82, 2.24) is 0 Å². The molecule has 0 spiro atoms. The molecular weight excluding hydrogens is 156 g/mol. The monoisotopic (exact) mass is 170 g/mol. The summed E-state index contributed by atoms with van der Waals surface area (Å²) in [6, 6.07) is 0. The van der Waals surface area contributed by atoms with Crippen molar-refractivity contribution in [3.05, 3.63) is 0 Å². The van der Waals surface area contributed by atoms with E-state index in [1.807, 2.05) is 0 Å². The van der Waals surface area contributed by atoms with Gasteiger partial charge in [-0.25, -0.2) is 0 Å². The summed E-state index contributed by atoms with van der Waals surface area (Å²) in [7, 11) is 1.39. The molecule has 4 unspecified atom stereocenters. The zero-order chi connectivity index (χ0) is 8.72. The SMILES string of the molecule is COC(=O)C1C2CCC(C2)C1O. The molecule has 2 aliphatic rings. The van der Waals surface area contributed by atoms with Crippen LogP contribution < -0.4 is 0 Å². The van der Waals surface area contributed by atoms with Gasteiger partial charge in [0.25, 0.3) is 0 Å². The fraction of sp³-hybridized carbons (Fsp3) is 0.889. The van der Waals surface area contributed by atoms with Crippen molar-refractivity contribution >= 4 is 5.97 Å². The third-order valence-electron chi connectivity index (χ3n) is 3.35. The normalized spacial score (nSPS) is 44.8. The molecule has 0 heterocycles. The van der Waals surface area contributed by atoms with Crippen LogP contribution in [0.4, 0.5) is 0 Å². The van der Waals surface area contributed by atoms with Crippen LogP contribution >= 0.6 is 0 Å². The van der Waals surface area contributed by atoms with E-state index in [1.165, 1.54) is 7.11 Å². The molecule has 1 N–H and O–H groups in total. The van der Waals surface area contributed by atoms with E-state index in [0.29, 0.717) is 11.8 Å². The molecule has 4 atom stereocenters. The van der Waals surface area contributed by atoms with E-state index < -0.39 is 6.10 Å². The largest absolute Gasteiger partial charge is 0.469 e. The maximum atomic E-state index is 11.2. The van der Waals surface area contributed by atoms with Gasteiger partial charge in [0.2, 0.25) is 0 Å². The highest BCUT2D eigenvalue weighted by Gasteiger charge is 2.50. The second-order valence-corrected chi connectivity index (χ2v) is 3.87. The van der Waals surface area contributed by atoms with Gasteiger partial charge in [0.05, 0.1) is 19.1 Å². The van der Waals surface area contributed by atoms with Crippen LogP contribution in [0.25, 0.3) is 0 Å². The van der Waals surface area contributed by atoms with Gasteiger partial charge in [0.15, 0.2) is 0 Å². The number of aliphatic hydroxyl groups excluding tert-OH is 1. The van der Waals surface area contributed by atoms with Gasteiger partial charge in [-0.2, -0.15) is 0 Å². The zero-order valence-electron chi connectivity index (χ0n) is 7.19. The van der Waals surface area contributed by atoms with Crippen molar-refractivity contribution in [3.63, 3.8) is 0 Å². The second kappa shape index (κ2) is 2.73. The minimum absolute atomic E-state index is 0.227. The van der Waals surface area contributed by atoms with Gasteiger partial charge in [-0.05, 0) is 31.1 Å². The summed E-state index contributed by atoms with van der Waals surface area (Å²) in [5.41, 5.74) is 0. The molecule has 0 radical (unpaired) electrons. The van der Waals surface area contributed by atoms with E-state index in [9.17, 15) is 9.90 Å². The van der Waals surface area contributed by atoms with Gasteiger partial charge < -0.3 is 9.84 Å². The topological polar surface area (TPSA) is 46.5 Å². The van der Waals surface area contributed by atoms with Crippen LogP contribution in [0.2, 0.25) is 0 Å². The average molecular weight is 170 g/mol. The lowest BCUT2D eigenvalue weighted by Gasteiger charge is -2.24. The summed E-state index contributed by atoms with van der Waals surface area (Å²) in [6.45, 7) is 0. The standard InChI is InChI=1S/C9H14O3/c1-12-9(11)7-5-2-3-6(4-5)8(7)10/h5-8,10H,2-4H2,1H3. The maximum Gasteiger partial charge on any atom is 0.311 e. The number of fused-ring (bicyclic) bond motifs is 2. The minimum atomic E-state index is -0.434. The molecule has 0 aromatic rings. The number of hydrogen-bond acceptors (Lipinski definition) is 3. The summed E-state index contributed by atoms with van der Waals surface area (Å²) in [5, 5.41) is 9.68. The average Bonchev–Trinajstić information content (AvgIpc) is 2.63. The summed E-state index contributed by atoms with van der Waals surface area (Å²) in [6.07, 6.45) is 2.75. The molecule has 3 nitrogen and oxygen atoms in total. The molecule has 3 heteroatoms. The number of esters is 1. The van der Waals surface area contributed by atoms with E-state index in [0.717, 1.165) is 19.3 Å². The Hall–Kier alpha value is -0.570. The van der Waals surface area contributed by atoms with Crippen LogP contribution in [0, 0.1) is 17.8 Å². The molecule has 0 aromatic carbocycles.